The molecule has 0 aromatic heterocycles. The molecule has 2 fully saturated rings. The summed E-state index contributed by atoms with van der Waals surface area (Å²) in [6.07, 6.45) is 0.416. The molecule has 7 nitrogen and oxygen atoms in total. The second kappa shape index (κ2) is 7.92. The molecule has 2 aliphatic rings. The van der Waals surface area contributed by atoms with Gasteiger partial charge in [-0.25, -0.2) is 0 Å². The molecule has 3 aromatic carbocycles. The number of fused-ring (bicyclic) bond motifs is 1. The average molecular weight is 428 g/mol. The highest BCUT2D eigenvalue weighted by molar-refractivity contribution is 6.19. The summed E-state index contributed by atoms with van der Waals surface area (Å²) in [4.78, 5) is 52.2. The van der Waals surface area contributed by atoms with Gasteiger partial charge in [0.1, 0.15) is 5.75 Å². The highest BCUT2D eigenvalue weighted by Gasteiger charge is 2.37. The lowest BCUT2D eigenvalue weighted by atomic mass is 10.1. The van der Waals surface area contributed by atoms with Gasteiger partial charge in [-0.15, -0.1) is 0 Å². The molecular formula is C25H20N2O5. The van der Waals surface area contributed by atoms with Crippen molar-refractivity contribution in [1.82, 2.24) is 0 Å². The van der Waals surface area contributed by atoms with Gasteiger partial charge in [-0.05, 0) is 23.6 Å². The molecule has 0 spiro atoms. The first kappa shape index (κ1) is 19.9. The van der Waals surface area contributed by atoms with Crippen LogP contribution >= 0.6 is 0 Å². The first-order valence-corrected chi connectivity index (χ1v) is 10.5. The number of benzene rings is 3. The predicted molar refractivity (Wildman–Crippen MR) is 118 cm³/mol. The van der Waals surface area contributed by atoms with E-state index in [2.05, 4.69) is 0 Å². The van der Waals surface area contributed by atoms with Crippen molar-refractivity contribution >= 4 is 45.8 Å². The third-order valence-electron chi connectivity index (χ3n) is 5.86. The van der Waals surface area contributed by atoms with E-state index >= 15 is 0 Å². The maximum absolute atomic E-state index is 12.8. The Morgan fingerprint density at radius 3 is 2.38 bits per heavy atom. The largest absolute Gasteiger partial charge is 0.426 e. The van der Waals surface area contributed by atoms with Gasteiger partial charge < -0.3 is 9.64 Å². The summed E-state index contributed by atoms with van der Waals surface area (Å²) in [5.74, 6) is -1.57. The van der Waals surface area contributed by atoms with Crippen LogP contribution in [0.4, 0.5) is 11.4 Å². The van der Waals surface area contributed by atoms with E-state index in [1.54, 1.807) is 23.1 Å². The monoisotopic (exact) mass is 428 g/mol. The summed E-state index contributed by atoms with van der Waals surface area (Å²) in [5, 5.41) is 1.97. The highest BCUT2D eigenvalue weighted by Crippen LogP contribution is 2.33. The number of carbonyl (C=O) groups excluding carboxylic acids is 4. The van der Waals surface area contributed by atoms with Gasteiger partial charge in [0.15, 0.2) is 0 Å². The number of carbonyl (C=O) groups is 4. The number of hydrogen-bond donors (Lipinski definition) is 0. The van der Waals surface area contributed by atoms with E-state index in [9.17, 15) is 19.2 Å². The fraction of sp³-hybridized carbons (Fsp3) is 0.200. The fourth-order valence-electron chi connectivity index (χ4n) is 4.29. The number of rotatable bonds is 4. The molecule has 0 aliphatic carbocycles. The van der Waals surface area contributed by atoms with Gasteiger partial charge in [0, 0.05) is 37.3 Å². The summed E-state index contributed by atoms with van der Waals surface area (Å²) in [6, 6.07) is 19.9. The van der Waals surface area contributed by atoms with Crippen LogP contribution in [0.3, 0.4) is 0 Å². The van der Waals surface area contributed by atoms with Gasteiger partial charge in [0.05, 0.1) is 17.3 Å². The van der Waals surface area contributed by atoms with E-state index in [1.165, 1.54) is 6.07 Å². The van der Waals surface area contributed by atoms with Crippen molar-refractivity contribution in [3.05, 3.63) is 66.7 Å². The molecule has 0 radical (unpaired) electrons. The summed E-state index contributed by atoms with van der Waals surface area (Å²) in [7, 11) is 0. The van der Waals surface area contributed by atoms with Crippen LogP contribution in [-0.4, -0.2) is 30.2 Å². The van der Waals surface area contributed by atoms with Crippen LogP contribution in [0.5, 0.6) is 5.75 Å². The molecule has 3 aromatic rings. The zero-order chi connectivity index (χ0) is 22.2. The Kier molecular flexibility index (Phi) is 4.93. The number of amides is 3. The molecule has 1 atom stereocenters. The molecular weight excluding hydrogens is 408 g/mol. The third-order valence-corrected chi connectivity index (χ3v) is 5.86. The number of nitrogens with zero attached hydrogens (tertiary/aromatic N) is 2. The summed E-state index contributed by atoms with van der Waals surface area (Å²) >= 11 is 0. The topological polar surface area (TPSA) is 84.0 Å². The van der Waals surface area contributed by atoms with Crippen LogP contribution in [0.1, 0.15) is 19.3 Å². The molecule has 5 rings (SSSR count). The van der Waals surface area contributed by atoms with Crippen molar-refractivity contribution in [3.63, 3.8) is 0 Å². The van der Waals surface area contributed by atoms with E-state index in [0.29, 0.717) is 5.69 Å². The second-order valence-electron chi connectivity index (χ2n) is 7.95. The lowest BCUT2D eigenvalue weighted by Crippen LogP contribution is -2.29. The van der Waals surface area contributed by atoms with Crippen molar-refractivity contribution in [1.29, 1.82) is 0 Å². The molecule has 2 saturated heterocycles. The standard InChI is InChI=1S/C25H20N2O5/c28-22-11-12-23(29)27(22)18-7-4-8-19(14-18)32-25(31)17-13-24(30)26(15-17)21-10-3-6-16-5-1-2-9-20(16)21/h1-10,14,17H,11-13,15H2/t17-/m1/s1. The van der Waals surface area contributed by atoms with Crippen LogP contribution in [-0.2, 0) is 19.2 Å². The minimum Gasteiger partial charge on any atom is -0.426 e. The van der Waals surface area contributed by atoms with E-state index in [1.807, 2.05) is 42.5 Å². The van der Waals surface area contributed by atoms with Gasteiger partial charge in [0.2, 0.25) is 17.7 Å². The van der Waals surface area contributed by atoms with Gasteiger partial charge in [-0.2, -0.15) is 0 Å². The smallest absolute Gasteiger partial charge is 0.316 e. The quantitative estimate of drug-likeness (QED) is 0.361. The molecule has 3 amide bonds. The van der Waals surface area contributed by atoms with Crippen molar-refractivity contribution in [2.75, 3.05) is 16.3 Å². The molecule has 160 valence electrons. The van der Waals surface area contributed by atoms with E-state index in [-0.39, 0.29) is 49.3 Å². The van der Waals surface area contributed by atoms with Crippen LogP contribution in [0.2, 0.25) is 0 Å². The molecule has 32 heavy (non-hydrogen) atoms. The van der Waals surface area contributed by atoms with Crippen LogP contribution in [0.25, 0.3) is 10.8 Å². The Morgan fingerprint density at radius 2 is 1.56 bits per heavy atom. The first-order chi connectivity index (χ1) is 15.5. The Balaban J connectivity index is 1.33. The third kappa shape index (κ3) is 3.51. The van der Waals surface area contributed by atoms with Gasteiger partial charge >= 0.3 is 5.97 Å². The number of hydrogen-bond acceptors (Lipinski definition) is 5. The maximum atomic E-state index is 12.8. The van der Waals surface area contributed by atoms with Gasteiger partial charge in [-0.3, -0.25) is 24.1 Å². The maximum Gasteiger partial charge on any atom is 0.316 e. The van der Waals surface area contributed by atoms with Crippen molar-refractivity contribution in [2.45, 2.75) is 19.3 Å². The summed E-state index contributed by atoms with van der Waals surface area (Å²) in [5.41, 5.74) is 1.15. The van der Waals surface area contributed by atoms with Crippen LogP contribution < -0.4 is 14.5 Å². The average Bonchev–Trinajstić information content (AvgIpc) is 3.35. The Bertz CT molecular complexity index is 1250. The minimum atomic E-state index is -0.611. The second-order valence-corrected chi connectivity index (χ2v) is 7.95. The lowest BCUT2D eigenvalue weighted by Gasteiger charge is -2.19. The Hall–Kier alpha value is -4.00. The van der Waals surface area contributed by atoms with E-state index < -0.39 is 11.9 Å². The van der Waals surface area contributed by atoms with Gasteiger partial charge in [-0.1, -0.05) is 42.5 Å². The normalized spacial score (nSPS) is 18.6. The first-order valence-electron chi connectivity index (χ1n) is 10.5. The molecule has 2 aliphatic heterocycles. The predicted octanol–water partition coefficient (Wildman–Crippen LogP) is 3.45. The lowest BCUT2D eigenvalue weighted by molar-refractivity contribution is -0.139. The SMILES string of the molecule is O=C(Oc1cccc(N2C(=O)CCC2=O)c1)[C@@H]1CC(=O)N(c2cccc3ccccc23)C1. The summed E-state index contributed by atoms with van der Waals surface area (Å²) in [6.45, 7) is 0.231. The number of anilines is 2. The number of esters is 1. The van der Waals surface area contributed by atoms with Crippen LogP contribution in [0.15, 0.2) is 66.7 Å². The highest BCUT2D eigenvalue weighted by atomic mass is 16.5. The van der Waals surface area contributed by atoms with E-state index in [0.717, 1.165) is 21.4 Å². The van der Waals surface area contributed by atoms with Crippen molar-refractivity contribution in [2.24, 2.45) is 5.92 Å². The Labute approximate surface area is 184 Å². The van der Waals surface area contributed by atoms with E-state index in [4.69, 9.17) is 4.74 Å². The molecule has 7 heteroatoms. The molecule has 0 bridgehead atoms. The molecule has 0 N–H and O–H groups in total. The van der Waals surface area contributed by atoms with Gasteiger partial charge in [0.25, 0.3) is 0 Å². The fourth-order valence-corrected chi connectivity index (χ4v) is 4.29. The van der Waals surface area contributed by atoms with Crippen LogP contribution in [0, 0.1) is 5.92 Å². The minimum absolute atomic E-state index is 0.0604. The van der Waals surface area contributed by atoms with Crippen molar-refractivity contribution in [3.8, 4) is 5.75 Å². The zero-order valence-corrected chi connectivity index (χ0v) is 17.2. The molecule has 0 unspecified atom stereocenters. The molecule has 2 heterocycles. The summed E-state index contributed by atoms with van der Waals surface area (Å²) < 4.78 is 5.52. The number of imide groups is 1. The van der Waals surface area contributed by atoms with Crippen molar-refractivity contribution < 1.29 is 23.9 Å². The molecule has 0 saturated carbocycles. The zero-order valence-electron chi connectivity index (χ0n) is 17.2. The number of ether oxygens (including phenoxy) is 1. The Morgan fingerprint density at radius 1 is 0.844 bits per heavy atom.